The molecule has 1 aromatic carbocycles. The minimum atomic E-state index is -0.785. The second-order valence-corrected chi connectivity index (χ2v) is 5.39. The fourth-order valence-corrected chi connectivity index (χ4v) is 2.56. The molecule has 2 unspecified atom stereocenters. The van der Waals surface area contributed by atoms with Crippen LogP contribution in [-0.2, 0) is 4.79 Å². The number of carbonyl (C=O) groups is 1. The Hall–Kier alpha value is -0.870. The zero-order valence-corrected chi connectivity index (χ0v) is 10.6. The number of rotatable bonds is 2. The largest absolute Gasteiger partial charge is 0.480 e. The second-order valence-electron chi connectivity index (χ2n) is 4.47. The molecule has 1 saturated heterocycles. The fourth-order valence-electron chi connectivity index (χ4n) is 2.14. The maximum Gasteiger partial charge on any atom is 0.323 e. The molecule has 86 valence electrons. The molecular weight excluding hydrogens is 270 g/mol. The van der Waals surface area contributed by atoms with Crippen molar-refractivity contribution in [2.75, 3.05) is 6.54 Å². The van der Waals surface area contributed by atoms with E-state index in [0.717, 1.165) is 11.0 Å². The third kappa shape index (κ3) is 2.13. The van der Waals surface area contributed by atoms with Gasteiger partial charge in [0.1, 0.15) is 5.54 Å². The second kappa shape index (κ2) is 4.18. The Morgan fingerprint density at radius 1 is 1.62 bits per heavy atom. The number of hydrogen-bond acceptors (Lipinski definition) is 2. The molecule has 1 heterocycles. The van der Waals surface area contributed by atoms with Crippen molar-refractivity contribution >= 4 is 21.9 Å². The predicted molar refractivity (Wildman–Crippen MR) is 65.5 cm³/mol. The normalized spacial score (nSPS) is 29.2. The van der Waals surface area contributed by atoms with Crippen LogP contribution >= 0.6 is 15.9 Å². The molecule has 1 aliphatic rings. The van der Waals surface area contributed by atoms with Crippen molar-refractivity contribution in [1.29, 1.82) is 0 Å². The lowest BCUT2D eigenvalue weighted by molar-refractivity contribution is -0.143. The summed E-state index contributed by atoms with van der Waals surface area (Å²) in [5.41, 5.74) is 0.402. The Labute approximate surface area is 103 Å². The van der Waals surface area contributed by atoms with Crippen molar-refractivity contribution in [3.05, 3.63) is 34.3 Å². The highest BCUT2D eigenvalue weighted by atomic mass is 79.9. The van der Waals surface area contributed by atoms with Gasteiger partial charge < -0.3 is 10.4 Å². The number of hydrogen-bond donors (Lipinski definition) is 2. The predicted octanol–water partition coefficient (Wildman–Crippen LogP) is 2.37. The quantitative estimate of drug-likeness (QED) is 0.876. The first-order valence-corrected chi connectivity index (χ1v) is 6.04. The fraction of sp³-hybridized carbons (Fsp3) is 0.417. The van der Waals surface area contributed by atoms with Crippen LogP contribution in [0.2, 0.25) is 0 Å². The van der Waals surface area contributed by atoms with E-state index >= 15 is 0 Å². The van der Waals surface area contributed by atoms with Gasteiger partial charge in [0.05, 0.1) is 0 Å². The van der Waals surface area contributed by atoms with E-state index in [1.165, 1.54) is 5.56 Å². The van der Waals surface area contributed by atoms with Crippen molar-refractivity contribution in [2.24, 2.45) is 0 Å². The summed E-state index contributed by atoms with van der Waals surface area (Å²) in [6.45, 7) is 2.46. The summed E-state index contributed by atoms with van der Waals surface area (Å²) < 4.78 is 1.04. The first-order valence-electron chi connectivity index (χ1n) is 5.25. The molecule has 0 spiro atoms. The maximum atomic E-state index is 11.1. The molecular formula is C12H14BrNO2. The van der Waals surface area contributed by atoms with Gasteiger partial charge >= 0.3 is 5.97 Å². The van der Waals surface area contributed by atoms with Crippen molar-refractivity contribution in [3.63, 3.8) is 0 Å². The van der Waals surface area contributed by atoms with Crippen molar-refractivity contribution in [3.8, 4) is 0 Å². The molecule has 1 fully saturated rings. The number of carboxylic acid groups (broad SMARTS) is 1. The summed E-state index contributed by atoms with van der Waals surface area (Å²) >= 11 is 3.43. The number of carboxylic acids is 1. The van der Waals surface area contributed by atoms with E-state index in [0.29, 0.717) is 6.42 Å². The lowest BCUT2D eigenvalue weighted by Crippen LogP contribution is -2.44. The van der Waals surface area contributed by atoms with E-state index in [9.17, 15) is 4.79 Å². The molecule has 2 rings (SSSR count). The lowest BCUT2D eigenvalue weighted by atomic mass is 9.90. The Balaban J connectivity index is 2.18. The van der Waals surface area contributed by atoms with Gasteiger partial charge in [0.25, 0.3) is 0 Å². The Morgan fingerprint density at radius 3 is 2.94 bits per heavy atom. The maximum absolute atomic E-state index is 11.1. The van der Waals surface area contributed by atoms with Gasteiger partial charge in [-0.1, -0.05) is 28.1 Å². The smallest absolute Gasteiger partial charge is 0.323 e. The lowest BCUT2D eigenvalue weighted by Gasteiger charge is -2.18. The average molecular weight is 284 g/mol. The Morgan fingerprint density at radius 2 is 2.38 bits per heavy atom. The van der Waals surface area contributed by atoms with Crippen LogP contribution in [0.1, 0.15) is 24.8 Å². The summed E-state index contributed by atoms with van der Waals surface area (Å²) in [7, 11) is 0. The Kier molecular flexibility index (Phi) is 3.04. The van der Waals surface area contributed by atoms with Crippen LogP contribution in [0.15, 0.2) is 28.7 Å². The molecule has 0 aromatic heterocycles. The monoisotopic (exact) mass is 283 g/mol. The summed E-state index contributed by atoms with van der Waals surface area (Å²) in [4.78, 5) is 11.1. The summed E-state index contributed by atoms with van der Waals surface area (Å²) in [6, 6.07) is 8.06. The molecule has 2 atom stereocenters. The topological polar surface area (TPSA) is 49.3 Å². The number of aliphatic carboxylic acids is 1. The van der Waals surface area contributed by atoms with Crippen molar-refractivity contribution in [1.82, 2.24) is 5.32 Å². The molecule has 0 radical (unpaired) electrons. The van der Waals surface area contributed by atoms with Crippen LogP contribution in [-0.4, -0.2) is 23.2 Å². The third-order valence-corrected chi connectivity index (χ3v) is 3.68. The average Bonchev–Trinajstić information content (AvgIpc) is 2.62. The highest BCUT2D eigenvalue weighted by Crippen LogP contribution is 2.32. The molecule has 16 heavy (non-hydrogen) atoms. The van der Waals surface area contributed by atoms with Crippen LogP contribution in [0.3, 0.4) is 0 Å². The van der Waals surface area contributed by atoms with E-state index in [1.54, 1.807) is 6.92 Å². The molecule has 3 nitrogen and oxygen atoms in total. The van der Waals surface area contributed by atoms with Crippen LogP contribution < -0.4 is 5.32 Å². The number of benzene rings is 1. The molecule has 0 amide bonds. The number of halogens is 1. The molecule has 0 aliphatic carbocycles. The van der Waals surface area contributed by atoms with Gasteiger partial charge in [-0.2, -0.15) is 0 Å². The molecule has 4 heteroatoms. The van der Waals surface area contributed by atoms with Gasteiger partial charge in [-0.3, -0.25) is 4.79 Å². The zero-order valence-electron chi connectivity index (χ0n) is 9.03. The van der Waals surface area contributed by atoms with Crippen molar-refractivity contribution < 1.29 is 9.90 Å². The molecule has 1 aromatic rings. The first kappa shape index (κ1) is 11.6. The first-order chi connectivity index (χ1) is 7.51. The van der Waals surface area contributed by atoms with E-state index in [-0.39, 0.29) is 5.92 Å². The SMILES string of the molecule is CC1(C(=O)O)CC(c2cccc(Br)c2)CN1. The van der Waals surface area contributed by atoms with Crippen LogP contribution in [0.5, 0.6) is 0 Å². The highest BCUT2D eigenvalue weighted by molar-refractivity contribution is 9.10. The van der Waals surface area contributed by atoms with E-state index in [4.69, 9.17) is 5.11 Å². The molecule has 0 bridgehead atoms. The Bertz CT molecular complexity index is 421. The molecule has 2 N–H and O–H groups in total. The zero-order chi connectivity index (χ0) is 11.8. The highest BCUT2D eigenvalue weighted by Gasteiger charge is 2.41. The van der Waals surface area contributed by atoms with E-state index in [2.05, 4.69) is 27.3 Å². The molecule has 0 saturated carbocycles. The van der Waals surface area contributed by atoms with Crippen LogP contribution in [0, 0.1) is 0 Å². The van der Waals surface area contributed by atoms with Crippen LogP contribution in [0.25, 0.3) is 0 Å². The van der Waals surface area contributed by atoms with Gasteiger partial charge in [-0.05, 0) is 37.0 Å². The van der Waals surface area contributed by atoms with Crippen molar-refractivity contribution in [2.45, 2.75) is 24.8 Å². The van der Waals surface area contributed by atoms with Gasteiger partial charge in [-0.15, -0.1) is 0 Å². The van der Waals surface area contributed by atoms with Gasteiger partial charge in [-0.25, -0.2) is 0 Å². The van der Waals surface area contributed by atoms with E-state index < -0.39 is 11.5 Å². The third-order valence-electron chi connectivity index (χ3n) is 3.19. The number of nitrogens with one attached hydrogen (secondary N) is 1. The van der Waals surface area contributed by atoms with E-state index in [1.807, 2.05) is 18.2 Å². The molecule has 1 aliphatic heterocycles. The summed E-state index contributed by atoms with van der Waals surface area (Å²) in [5, 5.41) is 12.2. The minimum Gasteiger partial charge on any atom is -0.480 e. The summed E-state index contributed by atoms with van der Waals surface area (Å²) in [6.07, 6.45) is 0.638. The summed E-state index contributed by atoms with van der Waals surface area (Å²) in [5.74, 6) is -0.497. The minimum absolute atomic E-state index is 0.276. The van der Waals surface area contributed by atoms with Gasteiger partial charge in [0.15, 0.2) is 0 Å². The van der Waals surface area contributed by atoms with Gasteiger partial charge in [0, 0.05) is 11.0 Å². The van der Waals surface area contributed by atoms with Gasteiger partial charge in [0.2, 0.25) is 0 Å². The van der Waals surface area contributed by atoms with Crippen LogP contribution in [0.4, 0.5) is 0 Å². The standard InChI is InChI=1S/C12H14BrNO2/c1-12(11(15)16)6-9(7-14-12)8-3-2-4-10(13)5-8/h2-5,9,14H,6-7H2,1H3,(H,15,16).